The van der Waals surface area contributed by atoms with Crippen molar-refractivity contribution in [3.63, 3.8) is 0 Å². The Morgan fingerprint density at radius 3 is 2.56 bits per heavy atom. The zero-order valence-corrected chi connectivity index (χ0v) is 10.4. The average Bonchev–Trinajstić information content (AvgIpc) is 2.69. The van der Waals surface area contributed by atoms with Gasteiger partial charge in [-0.1, -0.05) is 18.6 Å². The smallest absolute Gasteiger partial charge is 0.153 e. The topological polar surface area (TPSA) is 63.9 Å². The van der Waals surface area contributed by atoms with Crippen molar-refractivity contribution >= 4 is 5.82 Å². The van der Waals surface area contributed by atoms with Crippen LogP contribution < -0.4 is 10.5 Å². The second-order valence-corrected chi connectivity index (χ2v) is 4.75. The number of anilines is 1. The number of methoxy groups -OCH3 is 1. The molecule has 0 spiro atoms. The number of aromatic amines is 1. The fraction of sp³-hybridized carbons (Fsp3) is 0.357. The molecule has 0 amide bonds. The first-order valence-electron chi connectivity index (χ1n) is 6.27. The number of rotatable bonds is 3. The molecular formula is C14H17N3O. The first kappa shape index (κ1) is 11.1. The van der Waals surface area contributed by atoms with Gasteiger partial charge in [-0.05, 0) is 30.5 Å². The number of aromatic nitrogens is 2. The van der Waals surface area contributed by atoms with Crippen molar-refractivity contribution in [3.05, 3.63) is 30.0 Å². The highest BCUT2D eigenvalue weighted by atomic mass is 16.5. The molecule has 18 heavy (non-hydrogen) atoms. The summed E-state index contributed by atoms with van der Waals surface area (Å²) >= 11 is 0. The molecule has 4 heteroatoms. The summed E-state index contributed by atoms with van der Waals surface area (Å²) in [7, 11) is 1.67. The monoisotopic (exact) mass is 243 g/mol. The van der Waals surface area contributed by atoms with E-state index < -0.39 is 0 Å². The normalized spacial score (nSPS) is 15.4. The van der Waals surface area contributed by atoms with Crippen molar-refractivity contribution in [2.45, 2.75) is 25.2 Å². The summed E-state index contributed by atoms with van der Waals surface area (Å²) < 4.78 is 5.17. The van der Waals surface area contributed by atoms with Crippen molar-refractivity contribution in [1.82, 2.24) is 10.2 Å². The van der Waals surface area contributed by atoms with Gasteiger partial charge in [-0.25, -0.2) is 0 Å². The highest BCUT2D eigenvalue weighted by Crippen LogP contribution is 2.42. The minimum absolute atomic E-state index is 0.585. The van der Waals surface area contributed by atoms with E-state index >= 15 is 0 Å². The molecule has 1 heterocycles. The summed E-state index contributed by atoms with van der Waals surface area (Å²) in [6.45, 7) is 0. The number of nitrogens with two attached hydrogens (primary N) is 1. The van der Waals surface area contributed by atoms with Crippen LogP contribution >= 0.6 is 0 Å². The molecule has 0 radical (unpaired) electrons. The molecule has 0 aliphatic heterocycles. The number of nitrogens with zero attached hydrogens (tertiary/aromatic N) is 1. The van der Waals surface area contributed by atoms with Gasteiger partial charge in [0.15, 0.2) is 5.82 Å². The Morgan fingerprint density at radius 2 is 2.00 bits per heavy atom. The zero-order valence-electron chi connectivity index (χ0n) is 10.4. The Labute approximate surface area is 106 Å². The van der Waals surface area contributed by atoms with Crippen LogP contribution in [0.5, 0.6) is 5.75 Å². The van der Waals surface area contributed by atoms with Gasteiger partial charge in [-0.3, -0.25) is 5.10 Å². The number of nitrogens with one attached hydrogen (secondary N) is 1. The SMILES string of the molecule is COc1ccc(-c2c(N)n[nH]c2C2CCC2)cc1. The molecule has 0 bridgehead atoms. The fourth-order valence-electron chi connectivity index (χ4n) is 2.42. The first-order chi connectivity index (χ1) is 8.79. The predicted octanol–water partition coefficient (Wildman–Crippen LogP) is 2.94. The maximum absolute atomic E-state index is 5.99. The van der Waals surface area contributed by atoms with Gasteiger partial charge in [0.05, 0.1) is 7.11 Å². The van der Waals surface area contributed by atoms with Crippen LogP contribution in [0.2, 0.25) is 0 Å². The first-order valence-corrected chi connectivity index (χ1v) is 6.27. The van der Waals surface area contributed by atoms with E-state index in [0.29, 0.717) is 11.7 Å². The van der Waals surface area contributed by atoms with Crippen molar-refractivity contribution in [1.29, 1.82) is 0 Å². The van der Waals surface area contributed by atoms with Gasteiger partial charge >= 0.3 is 0 Å². The third-order valence-electron chi connectivity index (χ3n) is 3.71. The van der Waals surface area contributed by atoms with Gasteiger partial charge in [0, 0.05) is 17.2 Å². The zero-order chi connectivity index (χ0) is 12.5. The molecule has 0 unspecified atom stereocenters. The Kier molecular flexibility index (Phi) is 2.70. The Morgan fingerprint density at radius 1 is 1.28 bits per heavy atom. The van der Waals surface area contributed by atoms with E-state index in [4.69, 9.17) is 10.5 Å². The van der Waals surface area contributed by atoms with Crippen molar-refractivity contribution < 1.29 is 4.74 Å². The third kappa shape index (κ3) is 1.74. The Balaban J connectivity index is 2.01. The maximum Gasteiger partial charge on any atom is 0.153 e. The minimum atomic E-state index is 0.585. The van der Waals surface area contributed by atoms with E-state index in [-0.39, 0.29) is 0 Å². The van der Waals surface area contributed by atoms with Crippen LogP contribution in [-0.2, 0) is 0 Å². The molecule has 1 saturated carbocycles. The summed E-state index contributed by atoms with van der Waals surface area (Å²) in [6, 6.07) is 7.96. The van der Waals surface area contributed by atoms with E-state index in [0.717, 1.165) is 16.9 Å². The highest BCUT2D eigenvalue weighted by Gasteiger charge is 2.26. The van der Waals surface area contributed by atoms with E-state index in [1.54, 1.807) is 7.11 Å². The highest BCUT2D eigenvalue weighted by molar-refractivity contribution is 5.77. The molecule has 3 rings (SSSR count). The molecule has 2 aromatic rings. The standard InChI is InChI=1S/C14H17N3O/c1-18-11-7-5-9(6-8-11)12-13(10-3-2-4-10)16-17-14(12)15/h5-8,10H,2-4H2,1H3,(H3,15,16,17). The van der Waals surface area contributed by atoms with Gasteiger partial charge in [-0.15, -0.1) is 0 Å². The summed E-state index contributed by atoms with van der Waals surface area (Å²) in [4.78, 5) is 0. The quantitative estimate of drug-likeness (QED) is 0.871. The molecule has 1 aliphatic carbocycles. The molecule has 0 atom stereocenters. The summed E-state index contributed by atoms with van der Waals surface area (Å²) in [6.07, 6.45) is 3.75. The van der Waals surface area contributed by atoms with E-state index in [1.165, 1.54) is 25.0 Å². The lowest BCUT2D eigenvalue weighted by Crippen LogP contribution is -2.10. The van der Waals surface area contributed by atoms with E-state index in [9.17, 15) is 0 Å². The lowest BCUT2D eigenvalue weighted by atomic mass is 9.80. The maximum atomic E-state index is 5.99. The fourth-order valence-corrected chi connectivity index (χ4v) is 2.42. The van der Waals surface area contributed by atoms with E-state index in [1.807, 2.05) is 24.3 Å². The van der Waals surface area contributed by atoms with Gasteiger partial charge in [0.25, 0.3) is 0 Å². The number of ether oxygens (including phenoxy) is 1. The number of benzene rings is 1. The van der Waals surface area contributed by atoms with Crippen molar-refractivity contribution in [2.24, 2.45) is 0 Å². The van der Waals surface area contributed by atoms with Crippen LogP contribution in [0.25, 0.3) is 11.1 Å². The molecule has 1 aromatic carbocycles. The van der Waals surface area contributed by atoms with Gasteiger partial charge in [0.1, 0.15) is 5.75 Å². The second kappa shape index (κ2) is 4.37. The van der Waals surface area contributed by atoms with Crippen molar-refractivity contribution in [2.75, 3.05) is 12.8 Å². The van der Waals surface area contributed by atoms with Crippen LogP contribution in [-0.4, -0.2) is 17.3 Å². The number of H-pyrrole nitrogens is 1. The summed E-state index contributed by atoms with van der Waals surface area (Å²) in [5.74, 6) is 2.03. The van der Waals surface area contributed by atoms with Crippen LogP contribution in [0.3, 0.4) is 0 Å². The number of nitrogen functional groups attached to an aromatic ring is 1. The summed E-state index contributed by atoms with van der Waals surface area (Å²) in [5.41, 5.74) is 9.33. The van der Waals surface area contributed by atoms with Crippen LogP contribution in [0, 0.1) is 0 Å². The predicted molar refractivity (Wildman–Crippen MR) is 71.6 cm³/mol. The van der Waals surface area contributed by atoms with Crippen LogP contribution in [0.4, 0.5) is 5.82 Å². The molecule has 1 aromatic heterocycles. The molecule has 0 saturated heterocycles. The van der Waals surface area contributed by atoms with Gasteiger partial charge in [-0.2, -0.15) is 5.10 Å². The largest absolute Gasteiger partial charge is 0.497 e. The Hall–Kier alpha value is -1.97. The lowest BCUT2D eigenvalue weighted by molar-refractivity contribution is 0.411. The molecule has 94 valence electrons. The lowest BCUT2D eigenvalue weighted by Gasteiger charge is -2.25. The molecule has 1 fully saturated rings. The molecule has 4 nitrogen and oxygen atoms in total. The minimum Gasteiger partial charge on any atom is -0.497 e. The molecular weight excluding hydrogens is 226 g/mol. The van der Waals surface area contributed by atoms with Crippen molar-refractivity contribution in [3.8, 4) is 16.9 Å². The van der Waals surface area contributed by atoms with Crippen LogP contribution in [0.15, 0.2) is 24.3 Å². The van der Waals surface area contributed by atoms with Gasteiger partial charge < -0.3 is 10.5 Å². The van der Waals surface area contributed by atoms with Crippen LogP contribution in [0.1, 0.15) is 30.9 Å². The third-order valence-corrected chi connectivity index (χ3v) is 3.71. The average molecular weight is 243 g/mol. The van der Waals surface area contributed by atoms with E-state index in [2.05, 4.69) is 10.2 Å². The Bertz CT molecular complexity index is 541. The second-order valence-electron chi connectivity index (χ2n) is 4.75. The molecule has 3 N–H and O–H groups in total. The number of hydrogen-bond donors (Lipinski definition) is 2. The number of hydrogen-bond acceptors (Lipinski definition) is 3. The summed E-state index contributed by atoms with van der Waals surface area (Å²) in [5, 5.41) is 7.26. The van der Waals surface area contributed by atoms with Gasteiger partial charge in [0.2, 0.25) is 0 Å². The molecule has 1 aliphatic rings.